The summed E-state index contributed by atoms with van der Waals surface area (Å²) in [5.74, 6) is -2.07. The lowest BCUT2D eigenvalue weighted by molar-refractivity contribution is -0.142. The molecule has 1 rings (SSSR count). The Bertz CT molecular complexity index is 488. The minimum atomic E-state index is -1.16. The summed E-state index contributed by atoms with van der Waals surface area (Å²) in [6.07, 6.45) is 1.58. The van der Waals surface area contributed by atoms with E-state index in [0.29, 0.717) is 6.42 Å². The second-order valence-electron chi connectivity index (χ2n) is 4.80. The predicted octanol–water partition coefficient (Wildman–Crippen LogP) is 0.844. The predicted molar refractivity (Wildman–Crippen MR) is 77.4 cm³/mol. The number of rotatable bonds is 9. The number of carbonyl (C=O) groups excluding carboxylic acids is 2. The molecular weight excluding hydrogens is 272 g/mol. The van der Waals surface area contributed by atoms with Crippen molar-refractivity contribution < 1.29 is 19.5 Å². The normalized spacial score (nSPS) is 11.6. The summed E-state index contributed by atoms with van der Waals surface area (Å²) >= 11 is 0. The molecule has 0 saturated carbocycles. The number of amides is 2. The van der Waals surface area contributed by atoms with E-state index in [9.17, 15) is 14.4 Å². The zero-order chi connectivity index (χ0) is 15.7. The Hall–Kier alpha value is -2.37. The van der Waals surface area contributed by atoms with Gasteiger partial charge in [0, 0.05) is 12.8 Å². The molecule has 21 heavy (non-hydrogen) atoms. The zero-order valence-corrected chi connectivity index (χ0v) is 11.7. The molecule has 0 fully saturated rings. The Morgan fingerprint density at radius 3 is 2.38 bits per heavy atom. The van der Waals surface area contributed by atoms with Crippen molar-refractivity contribution in [1.29, 1.82) is 0 Å². The highest BCUT2D eigenvalue weighted by Crippen LogP contribution is 2.05. The SMILES string of the molecule is NC(=O)CC[C@@H](NC(=O)CCCc1ccccc1)C(=O)O. The lowest BCUT2D eigenvalue weighted by atomic mass is 10.1. The van der Waals surface area contributed by atoms with Crippen molar-refractivity contribution in [2.45, 2.75) is 38.1 Å². The standard InChI is InChI=1S/C15H20N2O4/c16-13(18)10-9-12(15(20)21)17-14(19)8-4-7-11-5-2-1-3-6-11/h1-3,5-6,12H,4,7-10H2,(H2,16,18)(H,17,19)(H,20,21)/t12-/m1/s1. The van der Waals surface area contributed by atoms with Crippen LogP contribution in [0.1, 0.15) is 31.2 Å². The maximum absolute atomic E-state index is 11.7. The number of nitrogens with two attached hydrogens (primary N) is 1. The highest BCUT2D eigenvalue weighted by atomic mass is 16.4. The molecule has 1 aromatic rings. The first-order chi connectivity index (χ1) is 9.99. The summed E-state index contributed by atoms with van der Waals surface area (Å²) in [5, 5.41) is 11.4. The van der Waals surface area contributed by atoms with Crippen LogP contribution < -0.4 is 11.1 Å². The number of hydrogen-bond donors (Lipinski definition) is 3. The van der Waals surface area contributed by atoms with Gasteiger partial charge in [0.05, 0.1) is 0 Å². The molecule has 6 nitrogen and oxygen atoms in total. The van der Waals surface area contributed by atoms with Gasteiger partial charge in [0.25, 0.3) is 0 Å². The first-order valence-corrected chi connectivity index (χ1v) is 6.83. The number of carbonyl (C=O) groups is 3. The van der Waals surface area contributed by atoms with Gasteiger partial charge in [0.15, 0.2) is 0 Å². The zero-order valence-electron chi connectivity index (χ0n) is 11.7. The lowest BCUT2D eigenvalue weighted by Crippen LogP contribution is -2.41. The van der Waals surface area contributed by atoms with Gasteiger partial charge in [0.1, 0.15) is 6.04 Å². The molecule has 1 aromatic carbocycles. The number of aryl methyl sites for hydroxylation is 1. The maximum atomic E-state index is 11.7. The van der Waals surface area contributed by atoms with Crippen molar-refractivity contribution in [3.63, 3.8) is 0 Å². The third-order valence-electron chi connectivity index (χ3n) is 3.02. The molecule has 0 spiro atoms. The third kappa shape index (κ3) is 7.10. The quantitative estimate of drug-likeness (QED) is 0.626. The first-order valence-electron chi connectivity index (χ1n) is 6.83. The highest BCUT2D eigenvalue weighted by molar-refractivity contribution is 5.84. The summed E-state index contributed by atoms with van der Waals surface area (Å²) < 4.78 is 0. The van der Waals surface area contributed by atoms with E-state index in [0.717, 1.165) is 12.0 Å². The molecule has 114 valence electrons. The lowest BCUT2D eigenvalue weighted by Gasteiger charge is -2.13. The average Bonchev–Trinajstić information content (AvgIpc) is 2.44. The van der Waals surface area contributed by atoms with Gasteiger partial charge in [-0.15, -0.1) is 0 Å². The fourth-order valence-corrected chi connectivity index (χ4v) is 1.91. The van der Waals surface area contributed by atoms with E-state index in [1.54, 1.807) is 0 Å². The molecule has 0 aliphatic heterocycles. The number of nitrogens with one attached hydrogen (secondary N) is 1. The number of aliphatic carboxylic acids is 1. The number of carboxylic acids is 1. The molecule has 6 heteroatoms. The molecule has 4 N–H and O–H groups in total. The molecule has 1 atom stereocenters. The van der Waals surface area contributed by atoms with Crippen LogP contribution in [0.5, 0.6) is 0 Å². The van der Waals surface area contributed by atoms with Crippen LogP contribution in [0.4, 0.5) is 0 Å². The molecule has 0 bridgehead atoms. The van der Waals surface area contributed by atoms with Gasteiger partial charge in [0.2, 0.25) is 11.8 Å². The first kappa shape index (κ1) is 16.7. The van der Waals surface area contributed by atoms with Crippen LogP contribution in [0.2, 0.25) is 0 Å². The van der Waals surface area contributed by atoms with Crippen LogP contribution in [0.25, 0.3) is 0 Å². The third-order valence-corrected chi connectivity index (χ3v) is 3.02. The fraction of sp³-hybridized carbons (Fsp3) is 0.400. The second kappa shape index (κ2) is 8.73. The average molecular weight is 292 g/mol. The Morgan fingerprint density at radius 1 is 1.14 bits per heavy atom. The molecule has 0 heterocycles. The molecule has 0 saturated heterocycles. The van der Waals surface area contributed by atoms with Gasteiger partial charge in [-0.3, -0.25) is 9.59 Å². The topological polar surface area (TPSA) is 109 Å². The fourth-order valence-electron chi connectivity index (χ4n) is 1.91. The summed E-state index contributed by atoms with van der Waals surface area (Å²) in [4.78, 5) is 33.3. The Labute approximate surface area is 123 Å². The summed E-state index contributed by atoms with van der Waals surface area (Å²) in [5.41, 5.74) is 6.10. The molecule has 0 aliphatic carbocycles. The van der Waals surface area contributed by atoms with Crippen LogP contribution >= 0.6 is 0 Å². The highest BCUT2D eigenvalue weighted by Gasteiger charge is 2.20. The van der Waals surface area contributed by atoms with E-state index in [-0.39, 0.29) is 25.2 Å². The van der Waals surface area contributed by atoms with Crippen LogP contribution in [-0.2, 0) is 20.8 Å². The van der Waals surface area contributed by atoms with Crippen molar-refractivity contribution in [2.75, 3.05) is 0 Å². The van der Waals surface area contributed by atoms with Crippen LogP contribution in [0.15, 0.2) is 30.3 Å². The number of carboxylic acid groups (broad SMARTS) is 1. The molecule has 0 aliphatic rings. The Balaban J connectivity index is 2.33. The second-order valence-corrected chi connectivity index (χ2v) is 4.80. The van der Waals surface area contributed by atoms with Crippen molar-refractivity contribution in [2.24, 2.45) is 5.73 Å². The van der Waals surface area contributed by atoms with Crippen molar-refractivity contribution >= 4 is 17.8 Å². The largest absolute Gasteiger partial charge is 0.480 e. The molecule has 0 aromatic heterocycles. The van der Waals surface area contributed by atoms with Crippen LogP contribution in [0.3, 0.4) is 0 Å². The maximum Gasteiger partial charge on any atom is 0.326 e. The van der Waals surface area contributed by atoms with E-state index in [1.165, 1.54) is 0 Å². The summed E-state index contributed by atoms with van der Waals surface area (Å²) in [7, 11) is 0. The van der Waals surface area contributed by atoms with Gasteiger partial charge in [-0.2, -0.15) is 0 Å². The van der Waals surface area contributed by atoms with E-state index in [4.69, 9.17) is 10.8 Å². The van der Waals surface area contributed by atoms with Crippen LogP contribution in [0, 0.1) is 0 Å². The molecule has 0 unspecified atom stereocenters. The van der Waals surface area contributed by atoms with E-state index in [2.05, 4.69) is 5.32 Å². The van der Waals surface area contributed by atoms with E-state index >= 15 is 0 Å². The summed E-state index contributed by atoms with van der Waals surface area (Å²) in [6, 6.07) is 8.67. The van der Waals surface area contributed by atoms with Gasteiger partial charge in [-0.05, 0) is 24.8 Å². The van der Waals surface area contributed by atoms with Gasteiger partial charge < -0.3 is 16.2 Å². The van der Waals surface area contributed by atoms with Gasteiger partial charge in [-0.25, -0.2) is 4.79 Å². The van der Waals surface area contributed by atoms with Crippen LogP contribution in [-0.4, -0.2) is 28.9 Å². The van der Waals surface area contributed by atoms with E-state index in [1.807, 2.05) is 30.3 Å². The van der Waals surface area contributed by atoms with Crippen molar-refractivity contribution in [1.82, 2.24) is 5.32 Å². The van der Waals surface area contributed by atoms with Crippen molar-refractivity contribution in [3.8, 4) is 0 Å². The van der Waals surface area contributed by atoms with E-state index < -0.39 is 17.9 Å². The molecule has 0 radical (unpaired) electrons. The smallest absolute Gasteiger partial charge is 0.326 e. The number of primary amides is 1. The van der Waals surface area contributed by atoms with Gasteiger partial charge in [-0.1, -0.05) is 30.3 Å². The monoisotopic (exact) mass is 292 g/mol. The van der Waals surface area contributed by atoms with Crippen molar-refractivity contribution in [3.05, 3.63) is 35.9 Å². The Kier molecular flexibility index (Phi) is 6.94. The van der Waals surface area contributed by atoms with Gasteiger partial charge >= 0.3 is 5.97 Å². The minimum absolute atomic E-state index is 0.00902. The summed E-state index contributed by atoms with van der Waals surface area (Å²) in [6.45, 7) is 0. The molecular formula is C15H20N2O4. The minimum Gasteiger partial charge on any atom is -0.480 e. The Morgan fingerprint density at radius 2 is 1.81 bits per heavy atom. The number of hydrogen-bond acceptors (Lipinski definition) is 3. The number of benzene rings is 1. The molecule has 2 amide bonds.